The van der Waals surface area contributed by atoms with E-state index in [4.69, 9.17) is 4.74 Å². The Balaban J connectivity index is 1.94. The van der Waals surface area contributed by atoms with Gasteiger partial charge >= 0.3 is 0 Å². The molecule has 2 atom stereocenters. The van der Waals surface area contributed by atoms with Crippen molar-refractivity contribution in [1.29, 1.82) is 0 Å². The molecule has 1 aliphatic rings. The van der Waals surface area contributed by atoms with E-state index in [1.807, 2.05) is 6.07 Å². The maximum Gasteiger partial charge on any atom is 0.0558 e. The lowest BCUT2D eigenvalue weighted by Crippen LogP contribution is -2.48. The van der Waals surface area contributed by atoms with Crippen molar-refractivity contribution in [1.82, 2.24) is 10.2 Å². The zero-order valence-electron chi connectivity index (χ0n) is 13.0. The highest BCUT2D eigenvalue weighted by Crippen LogP contribution is 2.17. The summed E-state index contributed by atoms with van der Waals surface area (Å²) in [5.41, 5.74) is 1.29. The Morgan fingerprint density at radius 1 is 1.33 bits per heavy atom. The van der Waals surface area contributed by atoms with E-state index in [0.717, 1.165) is 39.3 Å². The van der Waals surface area contributed by atoms with Gasteiger partial charge in [0, 0.05) is 38.2 Å². The molecule has 21 heavy (non-hydrogen) atoms. The third-order valence-electron chi connectivity index (χ3n) is 4.10. The molecule has 1 heterocycles. The maximum absolute atomic E-state index is 9.32. The minimum Gasteiger partial charge on any atom is -0.395 e. The van der Waals surface area contributed by atoms with E-state index >= 15 is 0 Å². The first-order valence-corrected chi connectivity index (χ1v) is 8.01. The molecule has 4 heteroatoms. The van der Waals surface area contributed by atoms with Crippen molar-refractivity contribution in [3.8, 4) is 0 Å². The standard InChI is InChI=1S/C17H28N2O2/c1-2-18-17-8-11-21-14-16(17)13-19(9-10-20)12-15-6-4-3-5-7-15/h3-7,16-18,20H,2,8-14H2,1H3. The van der Waals surface area contributed by atoms with E-state index in [0.29, 0.717) is 18.5 Å². The molecule has 0 amide bonds. The molecular weight excluding hydrogens is 264 g/mol. The van der Waals surface area contributed by atoms with Crippen molar-refractivity contribution >= 4 is 0 Å². The van der Waals surface area contributed by atoms with E-state index in [2.05, 4.69) is 41.4 Å². The van der Waals surface area contributed by atoms with Gasteiger partial charge < -0.3 is 15.2 Å². The third kappa shape index (κ3) is 5.40. The Morgan fingerprint density at radius 2 is 2.14 bits per heavy atom. The Bertz CT molecular complexity index is 384. The van der Waals surface area contributed by atoms with Crippen molar-refractivity contribution in [2.24, 2.45) is 5.92 Å². The molecule has 1 aromatic carbocycles. The number of nitrogens with one attached hydrogen (secondary N) is 1. The first-order chi connectivity index (χ1) is 10.3. The van der Waals surface area contributed by atoms with Gasteiger partial charge in [0.25, 0.3) is 0 Å². The van der Waals surface area contributed by atoms with Gasteiger partial charge in [-0.2, -0.15) is 0 Å². The van der Waals surface area contributed by atoms with Crippen LogP contribution in [0.15, 0.2) is 30.3 Å². The molecular formula is C17H28N2O2. The van der Waals surface area contributed by atoms with Crippen LogP contribution < -0.4 is 5.32 Å². The molecule has 2 rings (SSSR count). The van der Waals surface area contributed by atoms with Crippen molar-refractivity contribution in [3.63, 3.8) is 0 Å². The van der Waals surface area contributed by atoms with Crippen molar-refractivity contribution < 1.29 is 9.84 Å². The van der Waals surface area contributed by atoms with Gasteiger partial charge in [-0.05, 0) is 18.5 Å². The predicted molar refractivity (Wildman–Crippen MR) is 85.2 cm³/mol. The molecule has 2 N–H and O–H groups in total. The first-order valence-electron chi connectivity index (χ1n) is 8.01. The van der Waals surface area contributed by atoms with Gasteiger partial charge in [0.1, 0.15) is 0 Å². The summed E-state index contributed by atoms with van der Waals surface area (Å²) in [6, 6.07) is 11.0. The van der Waals surface area contributed by atoms with Crippen LogP contribution in [-0.2, 0) is 11.3 Å². The van der Waals surface area contributed by atoms with E-state index in [1.165, 1.54) is 5.56 Å². The first kappa shape index (κ1) is 16.4. The van der Waals surface area contributed by atoms with Gasteiger partial charge in [-0.3, -0.25) is 4.90 Å². The second-order valence-electron chi connectivity index (χ2n) is 5.73. The van der Waals surface area contributed by atoms with Gasteiger partial charge in [-0.15, -0.1) is 0 Å². The zero-order valence-corrected chi connectivity index (χ0v) is 13.0. The molecule has 4 nitrogen and oxygen atoms in total. The number of rotatable bonds is 8. The monoisotopic (exact) mass is 292 g/mol. The number of aliphatic hydroxyl groups excluding tert-OH is 1. The van der Waals surface area contributed by atoms with Gasteiger partial charge in [0.2, 0.25) is 0 Å². The average Bonchev–Trinajstić information content (AvgIpc) is 2.51. The lowest BCUT2D eigenvalue weighted by Gasteiger charge is -2.35. The fourth-order valence-corrected chi connectivity index (χ4v) is 3.06. The summed E-state index contributed by atoms with van der Waals surface area (Å²) >= 11 is 0. The van der Waals surface area contributed by atoms with Crippen LogP contribution in [0.3, 0.4) is 0 Å². The summed E-state index contributed by atoms with van der Waals surface area (Å²) in [5, 5.41) is 12.9. The molecule has 0 radical (unpaired) electrons. The predicted octanol–water partition coefficient (Wildman–Crippen LogP) is 1.50. The number of aliphatic hydroxyl groups is 1. The summed E-state index contributed by atoms with van der Waals surface area (Å²) < 4.78 is 5.66. The Kier molecular flexibility index (Phi) is 7.16. The lowest BCUT2D eigenvalue weighted by atomic mass is 9.95. The molecule has 1 aromatic rings. The molecule has 1 saturated heterocycles. The molecule has 118 valence electrons. The fraction of sp³-hybridized carbons (Fsp3) is 0.647. The summed E-state index contributed by atoms with van der Waals surface area (Å²) in [6.45, 7) is 7.59. The SMILES string of the molecule is CCNC1CCOCC1CN(CCO)Cc1ccccc1. The minimum atomic E-state index is 0.201. The molecule has 2 unspecified atom stereocenters. The minimum absolute atomic E-state index is 0.201. The highest BCUT2D eigenvalue weighted by molar-refractivity contribution is 5.14. The van der Waals surface area contributed by atoms with Crippen LogP contribution in [0.25, 0.3) is 0 Å². The van der Waals surface area contributed by atoms with Crippen LogP contribution in [0.1, 0.15) is 18.9 Å². The quantitative estimate of drug-likeness (QED) is 0.762. The van der Waals surface area contributed by atoms with Crippen molar-refractivity contribution in [2.45, 2.75) is 25.9 Å². The second-order valence-corrected chi connectivity index (χ2v) is 5.73. The molecule has 0 aliphatic carbocycles. The molecule has 0 saturated carbocycles. The summed E-state index contributed by atoms with van der Waals surface area (Å²) in [7, 11) is 0. The van der Waals surface area contributed by atoms with E-state index < -0.39 is 0 Å². The Morgan fingerprint density at radius 3 is 2.86 bits per heavy atom. The maximum atomic E-state index is 9.32. The average molecular weight is 292 g/mol. The van der Waals surface area contributed by atoms with E-state index in [1.54, 1.807) is 0 Å². The summed E-state index contributed by atoms with van der Waals surface area (Å²) in [5.74, 6) is 0.494. The van der Waals surface area contributed by atoms with Crippen LogP contribution in [0, 0.1) is 5.92 Å². The number of hydrogen-bond donors (Lipinski definition) is 2. The van der Waals surface area contributed by atoms with E-state index in [-0.39, 0.29) is 6.61 Å². The van der Waals surface area contributed by atoms with Crippen molar-refractivity contribution in [3.05, 3.63) is 35.9 Å². The number of ether oxygens (including phenoxy) is 1. The number of nitrogens with zero attached hydrogens (tertiary/aromatic N) is 1. The number of hydrogen-bond acceptors (Lipinski definition) is 4. The van der Waals surface area contributed by atoms with Gasteiger partial charge in [0.15, 0.2) is 0 Å². The molecule has 0 spiro atoms. The smallest absolute Gasteiger partial charge is 0.0558 e. The second kappa shape index (κ2) is 9.15. The Labute approximate surface area is 128 Å². The van der Waals surface area contributed by atoms with Crippen LogP contribution in [0.2, 0.25) is 0 Å². The number of benzene rings is 1. The van der Waals surface area contributed by atoms with Crippen LogP contribution in [0.4, 0.5) is 0 Å². The lowest BCUT2D eigenvalue weighted by molar-refractivity contribution is 0.0136. The van der Waals surface area contributed by atoms with Crippen LogP contribution >= 0.6 is 0 Å². The zero-order chi connectivity index (χ0) is 14.9. The Hall–Kier alpha value is -0.940. The van der Waals surface area contributed by atoms with Crippen LogP contribution in [0.5, 0.6) is 0 Å². The molecule has 0 bridgehead atoms. The fourth-order valence-electron chi connectivity index (χ4n) is 3.06. The molecule has 0 aromatic heterocycles. The normalized spacial score (nSPS) is 22.6. The van der Waals surface area contributed by atoms with Gasteiger partial charge in [0.05, 0.1) is 13.2 Å². The highest BCUT2D eigenvalue weighted by atomic mass is 16.5. The topological polar surface area (TPSA) is 44.7 Å². The van der Waals surface area contributed by atoms with E-state index in [9.17, 15) is 5.11 Å². The van der Waals surface area contributed by atoms with Crippen molar-refractivity contribution in [2.75, 3.05) is 39.5 Å². The third-order valence-corrected chi connectivity index (χ3v) is 4.10. The highest BCUT2D eigenvalue weighted by Gasteiger charge is 2.26. The largest absolute Gasteiger partial charge is 0.395 e. The summed E-state index contributed by atoms with van der Waals surface area (Å²) in [6.07, 6.45) is 1.08. The summed E-state index contributed by atoms with van der Waals surface area (Å²) in [4.78, 5) is 2.33. The molecule has 1 fully saturated rings. The van der Waals surface area contributed by atoms with Gasteiger partial charge in [-0.25, -0.2) is 0 Å². The molecule has 1 aliphatic heterocycles. The van der Waals surface area contributed by atoms with Gasteiger partial charge in [-0.1, -0.05) is 37.3 Å². The van der Waals surface area contributed by atoms with Crippen LogP contribution in [-0.4, -0.2) is 55.5 Å².